The molecule has 7 heteroatoms. The minimum atomic E-state index is 0.329. The van der Waals surface area contributed by atoms with Crippen molar-refractivity contribution in [1.82, 2.24) is 15.1 Å². The van der Waals surface area contributed by atoms with Crippen LogP contribution in [0.25, 0.3) is 11.7 Å². The minimum Gasteiger partial charge on any atom is -0.444 e. The van der Waals surface area contributed by atoms with Gasteiger partial charge in [-0.3, -0.25) is 4.90 Å². The number of rotatable bonds is 3. The number of furan rings is 1. The van der Waals surface area contributed by atoms with Gasteiger partial charge in [0.25, 0.3) is 5.89 Å². The van der Waals surface area contributed by atoms with Gasteiger partial charge < -0.3 is 14.6 Å². The average molecular weight is 327 g/mol. The van der Waals surface area contributed by atoms with Crippen LogP contribution in [0.15, 0.2) is 25.6 Å². The molecule has 0 saturated carbocycles. The molecule has 2 aromatic rings. The fourth-order valence-corrected chi connectivity index (χ4v) is 2.46. The first-order chi connectivity index (χ1) is 9.20. The summed E-state index contributed by atoms with van der Waals surface area (Å²) in [5.41, 5.74) is 5.88. The maximum atomic E-state index is 5.88. The second kappa shape index (κ2) is 5.44. The van der Waals surface area contributed by atoms with Gasteiger partial charge in [-0.2, -0.15) is 0 Å². The van der Waals surface area contributed by atoms with Crippen molar-refractivity contribution in [2.75, 3.05) is 13.1 Å². The van der Waals surface area contributed by atoms with E-state index in [-0.39, 0.29) is 0 Å². The van der Waals surface area contributed by atoms with E-state index in [2.05, 4.69) is 31.0 Å². The molecule has 19 heavy (non-hydrogen) atoms. The molecule has 0 aromatic carbocycles. The predicted octanol–water partition coefficient (Wildman–Crippen LogP) is 2.02. The smallest absolute Gasteiger partial charge is 0.283 e. The maximum Gasteiger partial charge on any atom is 0.283 e. The zero-order valence-corrected chi connectivity index (χ0v) is 12.0. The number of piperidine rings is 1. The third kappa shape index (κ3) is 3.05. The number of hydrogen-bond acceptors (Lipinski definition) is 6. The summed E-state index contributed by atoms with van der Waals surface area (Å²) >= 11 is 3.24. The Morgan fingerprint density at radius 1 is 1.26 bits per heavy atom. The molecule has 3 rings (SSSR count). The van der Waals surface area contributed by atoms with Gasteiger partial charge in [-0.1, -0.05) is 0 Å². The van der Waals surface area contributed by atoms with Crippen molar-refractivity contribution >= 4 is 15.9 Å². The maximum absolute atomic E-state index is 5.88. The van der Waals surface area contributed by atoms with Gasteiger partial charge in [-0.15, -0.1) is 10.2 Å². The van der Waals surface area contributed by atoms with Crippen molar-refractivity contribution in [3.05, 3.63) is 22.7 Å². The lowest BCUT2D eigenvalue weighted by Crippen LogP contribution is -2.39. The van der Waals surface area contributed by atoms with Crippen LogP contribution in [0.3, 0.4) is 0 Å². The molecule has 0 radical (unpaired) electrons. The van der Waals surface area contributed by atoms with Crippen LogP contribution in [0.4, 0.5) is 0 Å². The van der Waals surface area contributed by atoms with Crippen LogP contribution >= 0.6 is 15.9 Å². The van der Waals surface area contributed by atoms with Gasteiger partial charge in [-0.05, 0) is 40.9 Å². The first-order valence-electron chi connectivity index (χ1n) is 6.27. The van der Waals surface area contributed by atoms with Gasteiger partial charge in [0.05, 0.1) is 6.54 Å². The van der Waals surface area contributed by atoms with Crippen LogP contribution in [-0.2, 0) is 6.54 Å². The summed E-state index contributed by atoms with van der Waals surface area (Å²) in [5, 5.41) is 8.05. The summed E-state index contributed by atoms with van der Waals surface area (Å²) in [6.45, 7) is 2.62. The molecule has 0 unspecified atom stereocenters. The van der Waals surface area contributed by atoms with E-state index in [9.17, 15) is 0 Å². The fraction of sp³-hybridized carbons (Fsp3) is 0.500. The molecule has 1 fully saturated rings. The van der Waals surface area contributed by atoms with Crippen molar-refractivity contribution in [1.29, 1.82) is 0 Å². The standard InChI is InChI=1S/C12H15BrN4O2/c13-10-2-1-9(18-10)12-16-15-11(19-12)7-17-5-3-8(14)4-6-17/h1-2,8H,3-7,14H2. The predicted molar refractivity (Wildman–Crippen MR) is 72.2 cm³/mol. The first kappa shape index (κ1) is 12.8. The Hall–Kier alpha value is -1.18. The molecule has 102 valence electrons. The van der Waals surface area contributed by atoms with E-state index in [4.69, 9.17) is 14.6 Å². The van der Waals surface area contributed by atoms with E-state index in [1.165, 1.54) is 0 Å². The molecule has 0 atom stereocenters. The van der Waals surface area contributed by atoms with Gasteiger partial charge in [0, 0.05) is 19.1 Å². The normalized spacial score (nSPS) is 18.0. The molecule has 1 saturated heterocycles. The van der Waals surface area contributed by atoms with Crippen LogP contribution in [0.5, 0.6) is 0 Å². The molecule has 2 aromatic heterocycles. The molecule has 1 aliphatic heterocycles. The highest BCUT2D eigenvalue weighted by Crippen LogP contribution is 2.24. The molecular formula is C12H15BrN4O2. The van der Waals surface area contributed by atoms with E-state index in [1.54, 1.807) is 12.1 Å². The highest BCUT2D eigenvalue weighted by atomic mass is 79.9. The Balaban J connectivity index is 1.65. The second-order valence-electron chi connectivity index (χ2n) is 4.72. The fourth-order valence-electron chi connectivity index (χ4n) is 2.15. The van der Waals surface area contributed by atoms with E-state index in [1.807, 2.05) is 0 Å². The zero-order valence-electron chi connectivity index (χ0n) is 10.4. The number of hydrogen-bond donors (Lipinski definition) is 1. The van der Waals surface area contributed by atoms with E-state index < -0.39 is 0 Å². The van der Waals surface area contributed by atoms with Crippen LogP contribution in [-0.4, -0.2) is 34.2 Å². The Bertz CT molecular complexity index is 545. The summed E-state index contributed by atoms with van der Waals surface area (Å²) in [6.07, 6.45) is 2.04. The van der Waals surface area contributed by atoms with Crippen molar-refractivity contribution in [3.8, 4) is 11.7 Å². The topological polar surface area (TPSA) is 81.3 Å². The van der Waals surface area contributed by atoms with Crippen molar-refractivity contribution in [3.63, 3.8) is 0 Å². The molecular weight excluding hydrogens is 312 g/mol. The quantitative estimate of drug-likeness (QED) is 0.929. The Morgan fingerprint density at radius 3 is 2.74 bits per heavy atom. The molecule has 0 bridgehead atoms. The molecule has 1 aliphatic rings. The van der Waals surface area contributed by atoms with Crippen molar-refractivity contribution in [2.45, 2.75) is 25.4 Å². The number of aromatic nitrogens is 2. The Kier molecular flexibility index (Phi) is 3.67. The van der Waals surface area contributed by atoms with E-state index >= 15 is 0 Å². The van der Waals surface area contributed by atoms with Gasteiger partial charge in [0.2, 0.25) is 5.89 Å². The highest BCUT2D eigenvalue weighted by Gasteiger charge is 2.19. The van der Waals surface area contributed by atoms with Crippen LogP contribution in [0.2, 0.25) is 0 Å². The average Bonchev–Trinajstić information content (AvgIpc) is 3.01. The number of halogens is 1. The number of nitrogens with two attached hydrogens (primary N) is 1. The van der Waals surface area contributed by atoms with Crippen molar-refractivity contribution < 1.29 is 8.83 Å². The summed E-state index contributed by atoms with van der Waals surface area (Å²) < 4.78 is 11.6. The number of likely N-dealkylation sites (tertiary alicyclic amines) is 1. The summed E-state index contributed by atoms with van der Waals surface area (Å²) in [5.74, 6) is 1.60. The summed E-state index contributed by atoms with van der Waals surface area (Å²) in [4.78, 5) is 2.28. The van der Waals surface area contributed by atoms with Crippen molar-refractivity contribution in [2.24, 2.45) is 5.73 Å². The van der Waals surface area contributed by atoms with E-state index in [0.717, 1.165) is 25.9 Å². The third-order valence-corrected chi connectivity index (χ3v) is 3.67. The Morgan fingerprint density at radius 2 is 2.05 bits per heavy atom. The van der Waals surface area contributed by atoms with Crippen LogP contribution in [0, 0.1) is 0 Å². The van der Waals surface area contributed by atoms with Gasteiger partial charge in [-0.25, -0.2) is 0 Å². The SMILES string of the molecule is NC1CCN(Cc2nnc(-c3ccc(Br)o3)o2)CC1. The lowest BCUT2D eigenvalue weighted by atomic mass is 10.1. The molecule has 0 aliphatic carbocycles. The largest absolute Gasteiger partial charge is 0.444 e. The number of nitrogens with zero attached hydrogens (tertiary/aromatic N) is 3. The lowest BCUT2D eigenvalue weighted by molar-refractivity contribution is 0.189. The molecule has 2 N–H and O–H groups in total. The van der Waals surface area contributed by atoms with Gasteiger partial charge in [0.1, 0.15) is 0 Å². The molecule has 0 spiro atoms. The lowest BCUT2D eigenvalue weighted by Gasteiger charge is -2.28. The second-order valence-corrected chi connectivity index (χ2v) is 5.50. The van der Waals surface area contributed by atoms with E-state index in [0.29, 0.717) is 34.8 Å². The minimum absolute atomic E-state index is 0.329. The highest BCUT2D eigenvalue weighted by molar-refractivity contribution is 9.10. The monoisotopic (exact) mass is 326 g/mol. The van der Waals surface area contributed by atoms with Crippen LogP contribution in [0.1, 0.15) is 18.7 Å². The van der Waals surface area contributed by atoms with Gasteiger partial charge >= 0.3 is 0 Å². The zero-order chi connectivity index (χ0) is 13.2. The Labute approximate surface area is 119 Å². The summed E-state index contributed by atoms with van der Waals surface area (Å²) in [6, 6.07) is 3.92. The summed E-state index contributed by atoms with van der Waals surface area (Å²) in [7, 11) is 0. The van der Waals surface area contributed by atoms with Gasteiger partial charge in [0.15, 0.2) is 10.4 Å². The molecule has 0 amide bonds. The van der Waals surface area contributed by atoms with Crippen LogP contribution < -0.4 is 5.73 Å². The first-order valence-corrected chi connectivity index (χ1v) is 7.06. The molecule has 3 heterocycles. The third-order valence-electron chi connectivity index (χ3n) is 3.24. The molecule has 6 nitrogen and oxygen atoms in total.